The number of aromatic nitrogens is 2. The molecule has 0 aliphatic heterocycles. The summed E-state index contributed by atoms with van der Waals surface area (Å²) in [6.07, 6.45) is 3.34. The predicted molar refractivity (Wildman–Crippen MR) is 67.4 cm³/mol. The average Bonchev–Trinajstić information content (AvgIpc) is 2.71. The van der Waals surface area contributed by atoms with Crippen molar-refractivity contribution in [2.24, 2.45) is 0 Å². The fourth-order valence-corrected chi connectivity index (χ4v) is 1.77. The first kappa shape index (κ1) is 12.2. The van der Waals surface area contributed by atoms with E-state index >= 15 is 0 Å². The van der Waals surface area contributed by atoms with Crippen molar-refractivity contribution < 1.29 is 9.90 Å². The molecule has 0 aliphatic carbocycles. The van der Waals surface area contributed by atoms with E-state index in [1.54, 1.807) is 29.1 Å². The monoisotopic (exact) mass is 246 g/mol. The molecular weight excluding hydrogens is 232 g/mol. The Morgan fingerprint density at radius 3 is 2.56 bits per heavy atom. The number of carboxylic acids is 1. The molecule has 0 bridgehead atoms. The zero-order valence-corrected chi connectivity index (χ0v) is 10.2. The Hall–Kier alpha value is -2.30. The SMILES string of the molecule is CC(C)n1ccn(-c2cccc(C(=O)O)c2)c1=O. The molecule has 0 atom stereocenters. The summed E-state index contributed by atoms with van der Waals surface area (Å²) in [6.45, 7) is 3.83. The number of benzene rings is 1. The summed E-state index contributed by atoms with van der Waals surface area (Å²) in [4.78, 5) is 23.0. The molecule has 5 heteroatoms. The van der Waals surface area contributed by atoms with Crippen LogP contribution in [0.1, 0.15) is 30.2 Å². The molecule has 94 valence electrons. The second-order valence-corrected chi connectivity index (χ2v) is 4.31. The number of imidazole rings is 1. The summed E-state index contributed by atoms with van der Waals surface area (Å²) >= 11 is 0. The average molecular weight is 246 g/mol. The van der Waals surface area contributed by atoms with E-state index in [-0.39, 0.29) is 17.3 Å². The van der Waals surface area contributed by atoms with Crippen molar-refractivity contribution in [3.05, 3.63) is 52.7 Å². The highest BCUT2D eigenvalue weighted by atomic mass is 16.4. The minimum Gasteiger partial charge on any atom is -0.478 e. The minimum absolute atomic E-state index is 0.0707. The Balaban J connectivity index is 2.53. The maximum atomic E-state index is 12.1. The van der Waals surface area contributed by atoms with E-state index in [9.17, 15) is 9.59 Å². The standard InChI is InChI=1S/C13H14N2O3/c1-9(2)14-6-7-15(13(14)18)11-5-3-4-10(8-11)12(16)17/h3-9H,1-2H3,(H,16,17). The Kier molecular flexibility index (Phi) is 3.06. The summed E-state index contributed by atoms with van der Waals surface area (Å²) in [5.74, 6) is -1.01. The van der Waals surface area contributed by atoms with Gasteiger partial charge in [0.15, 0.2) is 0 Å². The van der Waals surface area contributed by atoms with Gasteiger partial charge in [-0.1, -0.05) is 6.07 Å². The van der Waals surface area contributed by atoms with Crippen LogP contribution in [0, 0.1) is 0 Å². The van der Waals surface area contributed by atoms with Crippen LogP contribution in [0.3, 0.4) is 0 Å². The quantitative estimate of drug-likeness (QED) is 0.899. The van der Waals surface area contributed by atoms with E-state index in [0.29, 0.717) is 5.69 Å². The van der Waals surface area contributed by atoms with Crippen molar-refractivity contribution in [1.82, 2.24) is 9.13 Å². The molecule has 18 heavy (non-hydrogen) atoms. The highest BCUT2D eigenvalue weighted by molar-refractivity contribution is 5.88. The molecule has 0 fully saturated rings. The van der Waals surface area contributed by atoms with E-state index in [1.807, 2.05) is 13.8 Å². The van der Waals surface area contributed by atoms with Gasteiger partial charge in [-0.3, -0.25) is 9.13 Å². The van der Waals surface area contributed by atoms with Gasteiger partial charge in [-0.05, 0) is 32.0 Å². The van der Waals surface area contributed by atoms with Gasteiger partial charge < -0.3 is 5.11 Å². The number of carboxylic acid groups (broad SMARTS) is 1. The Morgan fingerprint density at radius 1 is 1.28 bits per heavy atom. The van der Waals surface area contributed by atoms with Gasteiger partial charge in [0, 0.05) is 18.4 Å². The van der Waals surface area contributed by atoms with Gasteiger partial charge in [0.2, 0.25) is 0 Å². The molecule has 1 aromatic heterocycles. The van der Waals surface area contributed by atoms with Gasteiger partial charge in [-0.15, -0.1) is 0 Å². The zero-order valence-electron chi connectivity index (χ0n) is 10.2. The molecule has 5 nitrogen and oxygen atoms in total. The number of hydrogen-bond acceptors (Lipinski definition) is 2. The summed E-state index contributed by atoms with van der Waals surface area (Å²) < 4.78 is 3.03. The maximum absolute atomic E-state index is 12.1. The number of nitrogens with zero attached hydrogens (tertiary/aromatic N) is 2. The summed E-state index contributed by atoms with van der Waals surface area (Å²) in [6, 6.07) is 6.38. The van der Waals surface area contributed by atoms with Crippen LogP contribution in [0.4, 0.5) is 0 Å². The number of hydrogen-bond donors (Lipinski definition) is 1. The lowest BCUT2D eigenvalue weighted by atomic mass is 10.2. The van der Waals surface area contributed by atoms with E-state index in [1.165, 1.54) is 16.7 Å². The number of carbonyl (C=O) groups is 1. The van der Waals surface area contributed by atoms with Crippen LogP contribution in [0.15, 0.2) is 41.5 Å². The molecule has 0 unspecified atom stereocenters. The van der Waals surface area contributed by atoms with Crippen molar-refractivity contribution in [2.45, 2.75) is 19.9 Å². The number of aromatic carboxylic acids is 1. The molecule has 0 saturated heterocycles. The summed E-state index contributed by atoms with van der Waals surface area (Å²) in [5.41, 5.74) is 0.545. The van der Waals surface area contributed by atoms with Crippen molar-refractivity contribution in [2.75, 3.05) is 0 Å². The lowest BCUT2D eigenvalue weighted by Crippen LogP contribution is -2.24. The molecule has 0 saturated carbocycles. The van der Waals surface area contributed by atoms with E-state index < -0.39 is 5.97 Å². The van der Waals surface area contributed by atoms with Gasteiger partial charge in [-0.2, -0.15) is 0 Å². The van der Waals surface area contributed by atoms with Crippen LogP contribution >= 0.6 is 0 Å². The Bertz CT molecular complexity index is 638. The summed E-state index contributed by atoms with van der Waals surface area (Å²) in [7, 11) is 0. The van der Waals surface area contributed by atoms with Gasteiger partial charge in [0.25, 0.3) is 0 Å². The lowest BCUT2D eigenvalue weighted by molar-refractivity contribution is 0.0697. The highest BCUT2D eigenvalue weighted by Gasteiger charge is 2.09. The number of rotatable bonds is 3. The molecule has 2 aromatic rings. The molecule has 0 spiro atoms. The first-order valence-electron chi connectivity index (χ1n) is 5.64. The van der Waals surface area contributed by atoms with E-state index in [0.717, 1.165) is 0 Å². The lowest BCUT2D eigenvalue weighted by Gasteiger charge is -2.05. The normalized spacial score (nSPS) is 10.8. The minimum atomic E-state index is -1.01. The van der Waals surface area contributed by atoms with Crippen molar-refractivity contribution in [3.8, 4) is 5.69 Å². The molecule has 2 rings (SSSR count). The fourth-order valence-electron chi connectivity index (χ4n) is 1.77. The maximum Gasteiger partial charge on any atom is 0.335 e. The predicted octanol–water partition coefficient (Wildman–Crippen LogP) is 1.92. The van der Waals surface area contributed by atoms with Crippen molar-refractivity contribution >= 4 is 5.97 Å². The molecule has 1 heterocycles. The van der Waals surface area contributed by atoms with Crippen LogP contribution < -0.4 is 5.69 Å². The smallest absolute Gasteiger partial charge is 0.335 e. The highest BCUT2D eigenvalue weighted by Crippen LogP contribution is 2.10. The second-order valence-electron chi connectivity index (χ2n) is 4.31. The van der Waals surface area contributed by atoms with Gasteiger partial charge >= 0.3 is 11.7 Å². The van der Waals surface area contributed by atoms with Crippen LogP contribution in [-0.4, -0.2) is 20.2 Å². The van der Waals surface area contributed by atoms with Crippen LogP contribution in [0.5, 0.6) is 0 Å². The Labute approximate surface area is 104 Å². The third kappa shape index (κ3) is 2.07. The Morgan fingerprint density at radius 2 is 2.00 bits per heavy atom. The van der Waals surface area contributed by atoms with E-state index in [4.69, 9.17) is 5.11 Å². The third-order valence-corrected chi connectivity index (χ3v) is 2.73. The topological polar surface area (TPSA) is 64.2 Å². The largest absolute Gasteiger partial charge is 0.478 e. The molecular formula is C13H14N2O3. The summed E-state index contributed by atoms with van der Waals surface area (Å²) in [5, 5.41) is 8.93. The van der Waals surface area contributed by atoms with Crippen LogP contribution in [-0.2, 0) is 0 Å². The fraction of sp³-hybridized carbons (Fsp3) is 0.231. The van der Waals surface area contributed by atoms with Gasteiger partial charge in [0.05, 0.1) is 11.3 Å². The molecule has 1 N–H and O–H groups in total. The molecule has 0 aliphatic rings. The van der Waals surface area contributed by atoms with Crippen molar-refractivity contribution in [1.29, 1.82) is 0 Å². The molecule has 0 amide bonds. The van der Waals surface area contributed by atoms with Crippen LogP contribution in [0.25, 0.3) is 5.69 Å². The molecule has 0 radical (unpaired) electrons. The first-order valence-corrected chi connectivity index (χ1v) is 5.64. The second kappa shape index (κ2) is 4.52. The van der Waals surface area contributed by atoms with Gasteiger partial charge in [0.1, 0.15) is 0 Å². The first-order chi connectivity index (χ1) is 8.50. The van der Waals surface area contributed by atoms with Crippen LogP contribution in [0.2, 0.25) is 0 Å². The van der Waals surface area contributed by atoms with Crippen molar-refractivity contribution in [3.63, 3.8) is 0 Å². The van der Waals surface area contributed by atoms with E-state index in [2.05, 4.69) is 0 Å². The third-order valence-electron chi connectivity index (χ3n) is 2.73. The zero-order chi connectivity index (χ0) is 13.3. The van der Waals surface area contributed by atoms with Gasteiger partial charge in [-0.25, -0.2) is 9.59 Å². The molecule has 1 aromatic carbocycles.